The third kappa shape index (κ3) is 4.05. The van der Waals surface area contributed by atoms with Crippen molar-refractivity contribution in [3.63, 3.8) is 0 Å². The molecule has 0 unspecified atom stereocenters. The average molecular weight is 594 g/mol. The van der Waals surface area contributed by atoms with Crippen LogP contribution in [-0.2, 0) is 5.41 Å². The van der Waals surface area contributed by atoms with Crippen LogP contribution in [0.4, 0.5) is 17.1 Å². The van der Waals surface area contributed by atoms with Gasteiger partial charge in [0.2, 0.25) is 0 Å². The Balaban J connectivity index is 1.13. The van der Waals surface area contributed by atoms with Crippen LogP contribution in [0.1, 0.15) is 25.0 Å². The molecule has 1 aliphatic heterocycles. The highest BCUT2D eigenvalue weighted by Gasteiger charge is 2.35. The summed E-state index contributed by atoms with van der Waals surface area (Å²) < 4.78 is 13.1. The van der Waals surface area contributed by atoms with E-state index in [2.05, 4.69) is 134 Å². The normalized spacial score (nSPS) is 13.5. The average Bonchev–Trinajstić information content (AvgIpc) is 3.20. The summed E-state index contributed by atoms with van der Waals surface area (Å²) in [4.78, 5) is 2.34. The van der Waals surface area contributed by atoms with Crippen molar-refractivity contribution < 1.29 is 9.47 Å². The van der Waals surface area contributed by atoms with Crippen molar-refractivity contribution in [1.82, 2.24) is 0 Å². The Kier molecular flexibility index (Phi) is 5.85. The minimum Gasteiger partial charge on any atom is -0.453 e. The van der Waals surface area contributed by atoms with Crippen LogP contribution in [0.3, 0.4) is 0 Å². The van der Waals surface area contributed by atoms with Gasteiger partial charge in [0, 0.05) is 28.0 Å². The van der Waals surface area contributed by atoms with E-state index in [0.717, 1.165) is 56.2 Å². The van der Waals surface area contributed by atoms with Crippen molar-refractivity contribution in [2.75, 3.05) is 4.90 Å². The molecule has 7 aromatic rings. The molecule has 0 saturated heterocycles. The molecule has 0 N–H and O–H groups in total. The van der Waals surface area contributed by atoms with Gasteiger partial charge in [0.1, 0.15) is 11.5 Å². The summed E-state index contributed by atoms with van der Waals surface area (Å²) >= 11 is 0. The molecule has 0 radical (unpaired) electrons. The van der Waals surface area contributed by atoms with Gasteiger partial charge < -0.3 is 14.4 Å². The molecule has 46 heavy (non-hydrogen) atoms. The van der Waals surface area contributed by atoms with Crippen LogP contribution in [0.2, 0.25) is 0 Å². The van der Waals surface area contributed by atoms with E-state index in [4.69, 9.17) is 9.47 Å². The van der Waals surface area contributed by atoms with E-state index >= 15 is 0 Å². The predicted molar refractivity (Wildman–Crippen MR) is 188 cm³/mol. The lowest BCUT2D eigenvalue weighted by atomic mass is 9.82. The Labute approximate surface area is 268 Å². The first-order chi connectivity index (χ1) is 22.6. The summed E-state index contributed by atoms with van der Waals surface area (Å²) in [5.41, 5.74) is 10.7. The first-order valence-electron chi connectivity index (χ1n) is 15.8. The number of fused-ring (bicyclic) bond motifs is 4. The molecule has 0 amide bonds. The second kappa shape index (κ2) is 10.1. The fourth-order valence-corrected chi connectivity index (χ4v) is 7.25. The van der Waals surface area contributed by atoms with Gasteiger partial charge >= 0.3 is 0 Å². The van der Waals surface area contributed by atoms with E-state index in [1.807, 2.05) is 36.4 Å². The highest BCUT2D eigenvalue weighted by Crippen LogP contribution is 2.52. The molecular formula is C43H31NO2. The Morgan fingerprint density at radius 2 is 1.07 bits per heavy atom. The number of benzene rings is 7. The van der Waals surface area contributed by atoms with Crippen molar-refractivity contribution in [1.29, 1.82) is 0 Å². The number of nitrogens with zero attached hydrogens (tertiary/aromatic N) is 1. The summed E-state index contributed by atoms with van der Waals surface area (Å²) in [5.74, 6) is 3.03. The number of para-hydroxylation sites is 2. The van der Waals surface area contributed by atoms with E-state index in [-0.39, 0.29) is 5.41 Å². The Hall–Kier alpha value is -5.80. The van der Waals surface area contributed by atoms with Crippen molar-refractivity contribution in [3.8, 4) is 45.3 Å². The molecule has 2 aliphatic rings. The summed E-state index contributed by atoms with van der Waals surface area (Å²) in [6.45, 7) is 4.66. The summed E-state index contributed by atoms with van der Waals surface area (Å²) in [6.07, 6.45) is 0. The Bertz CT molecular complexity index is 2280. The molecule has 0 atom stereocenters. The highest BCUT2D eigenvalue weighted by atomic mass is 16.5. The fourth-order valence-electron chi connectivity index (χ4n) is 7.25. The van der Waals surface area contributed by atoms with Gasteiger partial charge in [-0.3, -0.25) is 0 Å². The lowest BCUT2D eigenvalue weighted by Crippen LogP contribution is -2.16. The molecule has 0 spiro atoms. The van der Waals surface area contributed by atoms with E-state index in [1.54, 1.807) is 0 Å². The topological polar surface area (TPSA) is 21.7 Å². The molecule has 220 valence electrons. The van der Waals surface area contributed by atoms with E-state index in [9.17, 15) is 0 Å². The Morgan fingerprint density at radius 1 is 0.457 bits per heavy atom. The van der Waals surface area contributed by atoms with Crippen LogP contribution >= 0.6 is 0 Å². The first-order valence-corrected chi connectivity index (χ1v) is 15.8. The second-order valence-electron chi connectivity index (χ2n) is 12.6. The minimum atomic E-state index is -0.0780. The van der Waals surface area contributed by atoms with Crippen LogP contribution in [-0.4, -0.2) is 0 Å². The highest BCUT2D eigenvalue weighted by molar-refractivity contribution is 5.95. The van der Waals surface area contributed by atoms with Crippen molar-refractivity contribution in [2.24, 2.45) is 0 Å². The van der Waals surface area contributed by atoms with Crippen LogP contribution in [0.25, 0.3) is 33.0 Å². The molecular weight excluding hydrogens is 562 g/mol. The predicted octanol–water partition coefficient (Wildman–Crippen LogP) is 12.2. The van der Waals surface area contributed by atoms with Crippen LogP contribution in [0.5, 0.6) is 23.0 Å². The SMILES string of the molecule is CC1(C)c2ccccc2-c2ccc(N(c3ccccc3)c3ccc(-c4cccc5c4Oc4cccc6cccc(c46)O5)cc3)cc21. The maximum absolute atomic E-state index is 6.63. The van der Waals surface area contributed by atoms with Crippen LogP contribution < -0.4 is 14.4 Å². The molecule has 3 nitrogen and oxygen atoms in total. The first kappa shape index (κ1) is 26.6. The molecule has 0 bridgehead atoms. The smallest absolute Gasteiger partial charge is 0.177 e. The number of ether oxygens (including phenoxy) is 2. The van der Waals surface area contributed by atoms with E-state index in [1.165, 1.54) is 22.3 Å². The van der Waals surface area contributed by atoms with Crippen LogP contribution in [0.15, 0.2) is 152 Å². The van der Waals surface area contributed by atoms with E-state index < -0.39 is 0 Å². The zero-order valence-corrected chi connectivity index (χ0v) is 25.7. The monoisotopic (exact) mass is 593 g/mol. The largest absolute Gasteiger partial charge is 0.453 e. The van der Waals surface area contributed by atoms with Gasteiger partial charge in [-0.05, 0) is 87.8 Å². The third-order valence-corrected chi connectivity index (χ3v) is 9.52. The van der Waals surface area contributed by atoms with Gasteiger partial charge in [0.15, 0.2) is 11.5 Å². The lowest BCUT2D eigenvalue weighted by Gasteiger charge is -2.28. The molecule has 1 heterocycles. The fraction of sp³-hybridized carbons (Fsp3) is 0.0698. The molecule has 0 fully saturated rings. The molecule has 1 aliphatic carbocycles. The number of anilines is 3. The van der Waals surface area contributed by atoms with Crippen LogP contribution in [0, 0.1) is 0 Å². The van der Waals surface area contributed by atoms with Gasteiger partial charge in [-0.2, -0.15) is 0 Å². The quantitative estimate of drug-likeness (QED) is 0.203. The summed E-state index contributed by atoms with van der Waals surface area (Å²) in [7, 11) is 0. The van der Waals surface area contributed by atoms with E-state index in [0.29, 0.717) is 5.75 Å². The number of hydrogen-bond acceptors (Lipinski definition) is 3. The lowest BCUT2D eigenvalue weighted by molar-refractivity contribution is 0.440. The third-order valence-electron chi connectivity index (χ3n) is 9.52. The number of rotatable bonds is 4. The van der Waals surface area contributed by atoms with Gasteiger partial charge in [0.25, 0.3) is 0 Å². The standard InChI is InChI=1S/C43H31NO2/c1-43(2)36-17-7-6-15-34(36)35-26-25-32(27-37(35)43)44(30-13-4-3-5-14-30)31-23-21-28(22-24-31)33-16-10-20-40-42(33)46-39-19-9-12-29-11-8-18-38(45-40)41(29)39/h3-27H,1-2H3. The van der Waals surface area contributed by atoms with Crippen molar-refractivity contribution >= 4 is 27.8 Å². The van der Waals surface area contributed by atoms with Crippen molar-refractivity contribution in [2.45, 2.75) is 19.3 Å². The van der Waals surface area contributed by atoms with Gasteiger partial charge in [-0.25, -0.2) is 0 Å². The minimum absolute atomic E-state index is 0.0780. The molecule has 0 aromatic heterocycles. The maximum Gasteiger partial charge on any atom is 0.177 e. The van der Waals surface area contributed by atoms with Gasteiger partial charge in [-0.15, -0.1) is 0 Å². The molecule has 0 saturated carbocycles. The molecule has 7 aromatic carbocycles. The van der Waals surface area contributed by atoms with Gasteiger partial charge in [-0.1, -0.05) is 111 Å². The zero-order valence-electron chi connectivity index (χ0n) is 25.7. The molecule has 3 heteroatoms. The summed E-state index contributed by atoms with van der Waals surface area (Å²) in [6, 6.07) is 53.4. The molecule has 9 rings (SSSR count). The number of hydrogen-bond donors (Lipinski definition) is 0. The second-order valence-corrected chi connectivity index (χ2v) is 12.6. The maximum atomic E-state index is 6.63. The zero-order chi connectivity index (χ0) is 30.8. The van der Waals surface area contributed by atoms with Gasteiger partial charge in [0.05, 0.1) is 5.39 Å². The van der Waals surface area contributed by atoms with Crippen molar-refractivity contribution in [3.05, 3.63) is 163 Å². The Morgan fingerprint density at radius 3 is 1.87 bits per heavy atom. The summed E-state index contributed by atoms with van der Waals surface area (Å²) in [5, 5.41) is 2.08.